The molecule has 112 valence electrons. The summed E-state index contributed by atoms with van der Waals surface area (Å²) in [5.41, 5.74) is 6.95. The molecule has 0 atom stereocenters. The summed E-state index contributed by atoms with van der Waals surface area (Å²) in [5, 5.41) is 8.96. The van der Waals surface area contributed by atoms with Crippen LogP contribution in [0, 0.1) is 23.2 Å². The predicted molar refractivity (Wildman–Crippen MR) is 73.9 cm³/mol. The highest BCUT2D eigenvalue weighted by Crippen LogP contribution is 2.39. The van der Waals surface area contributed by atoms with E-state index >= 15 is 0 Å². The van der Waals surface area contributed by atoms with Crippen LogP contribution in [-0.4, -0.2) is 11.2 Å². The summed E-state index contributed by atoms with van der Waals surface area (Å²) in [5.74, 6) is -1.07. The van der Waals surface area contributed by atoms with Gasteiger partial charge in [0.1, 0.15) is 11.8 Å². The number of alkyl halides is 3. The molecule has 0 aliphatic heterocycles. The normalized spacial score (nSPS) is 23.1. The van der Waals surface area contributed by atoms with Crippen molar-refractivity contribution in [3.8, 4) is 6.07 Å². The van der Waals surface area contributed by atoms with Crippen LogP contribution in [0.5, 0.6) is 0 Å². The van der Waals surface area contributed by atoms with E-state index in [2.05, 4.69) is 4.98 Å². The molecule has 1 aromatic heterocycles. The fourth-order valence-corrected chi connectivity index (χ4v) is 2.60. The molecule has 2 N–H and O–H groups in total. The molecule has 0 bridgehead atoms. The Kier molecular flexibility index (Phi) is 4.51. The van der Waals surface area contributed by atoms with E-state index < -0.39 is 12.1 Å². The molecule has 0 unspecified atom stereocenters. The minimum Gasteiger partial charge on any atom is -0.397 e. The van der Waals surface area contributed by atoms with E-state index in [1.54, 1.807) is 12.1 Å². The second kappa shape index (κ2) is 6.17. The van der Waals surface area contributed by atoms with Crippen molar-refractivity contribution in [3.63, 3.8) is 0 Å². The summed E-state index contributed by atoms with van der Waals surface area (Å²) in [6.45, 7) is 0. The van der Waals surface area contributed by atoms with E-state index in [-0.39, 0.29) is 24.5 Å². The number of hydrogen-bond donors (Lipinski definition) is 1. The molecule has 1 aromatic rings. The summed E-state index contributed by atoms with van der Waals surface area (Å²) >= 11 is 0. The average molecular weight is 295 g/mol. The summed E-state index contributed by atoms with van der Waals surface area (Å²) in [6, 6.07) is 3.61. The maximum absolute atomic E-state index is 12.6. The van der Waals surface area contributed by atoms with Gasteiger partial charge in [0.2, 0.25) is 0 Å². The molecule has 0 radical (unpaired) electrons. The van der Waals surface area contributed by atoms with Crippen molar-refractivity contribution >= 4 is 11.8 Å². The Balaban J connectivity index is 2.01. The van der Waals surface area contributed by atoms with Crippen LogP contribution >= 0.6 is 0 Å². The minimum atomic E-state index is -4.08. The molecular weight excluding hydrogens is 279 g/mol. The number of rotatable bonds is 2. The molecule has 1 heterocycles. The maximum atomic E-state index is 12.6. The lowest BCUT2D eigenvalue weighted by molar-refractivity contribution is -0.183. The lowest BCUT2D eigenvalue weighted by Crippen LogP contribution is -2.27. The Morgan fingerprint density at radius 3 is 2.52 bits per heavy atom. The van der Waals surface area contributed by atoms with Crippen LogP contribution in [0.2, 0.25) is 0 Å². The average Bonchev–Trinajstić information content (AvgIpc) is 2.45. The molecule has 3 nitrogen and oxygen atoms in total. The van der Waals surface area contributed by atoms with E-state index in [0.29, 0.717) is 24.1 Å². The number of anilines is 1. The number of nitrogens with two attached hydrogens (primary N) is 1. The standard InChI is InChI=1S/C15H16F3N3/c16-15(17,18)12-5-2-10(3-6-12)1-4-11-7-13(20)9-21-14(11)8-19/h1,4,7,9-10,12H,2-3,5-6,20H2/b4-1+/t10-,12-. The van der Waals surface area contributed by atoms with Crippen LogP contribution < -0.4 is 5.73 Å². The molecule has 21 heavy (non-hydrogen) atoms. The van der Waals surface area contributed by atoms with Gasteiger partial charge in [0, 0.05) is 5.56 Å². The minimum absolute atomic E-state index is 0.108. The van der Waals surface area contributed by atoms with Crippen molar-refractivity contribution in [2.45, 2.75) is 31.9 Å². The molecule has 1 aliphatic carbocycles. The highest BCUT2D eigenvalue weighted by Gasteiger charge is 2.40. The number of aromatic nitrogens is 1. The fourth-order valence-electron chi connectivity index (χ4n) is 2.60. The van der Waals surface area contributed by atoms with Gasteiger partial charge in [-0.3, -0.25) is 0 Å². The van der Waals surface area contributed by atoms with Crippen LogP contribution in [0.3, 0.4) is 0 Å². The maximum Gasteiger partial charge on any atom is 0.391 e. The SMILES string of the molecule is N#Cc1ncc(N)cc1/C=C/[C@H]1CC[C@H](C(F)(F)F)CC1. The molecule has 1 saturated carbocycles. The molecule has 6 heteroatoms. The van der Waals surface area contributed by atoms with Gasteiger partial charge in [-0.05, 0) is 37.7 Å². The number of pyridine rings is 1. The predicted octanol–water partition coefficient (Wildman–Crippen LogP) is 3.92. The number of nitriles is 1. The number of nitrogens with zero attached hydrogens (tertiary/aromatic N) is 2. The second-order valence-corrected chi connectivity index (χ2v) is 5.33. The van der Waals surface area contributed by atoms with Gasteiger partial charge in [-0.25, -0.2) is 4.98 Å². The van der Waals surface area contributed by atoms with Crippen LogP contribution in [0.1, 0.15) is 36.9 Å². The first-order valence-electron chi connectivity index (χ1n) is 6.80. The van der Waals surface area contributed by atoms with Gasteiger partial charge in [0.05, 0.1) is 17.8 Å². The molecule has 1 fully saturated rings. The van der Waals surface area contributed by atoms with Crippen molar-refractivity contribution in [2.75, 3.05) is 5.73 Å². The molecular formula is C15H16F3N3. The van der Waals surface area contributed by atoms with Crippen molar-refractivity contribution < 1.29 is 13.2 Å². The Morgan fingerprint density at radius 1 is 1.29 bits per heavy atom. The zero-order chi connectivity index (χ0) is 15.5. The summed E-state index contributed by atoms with van der Waals surface area (Å²) in [4.78, 5) is 3.92. The van der Waals surface area contributed by atoms with Gasteiger partial charge >= 0.3 is 6.18 Å². The molecule has 0 amide bonds. The van der Waals surface area contributed by atoms with E-state index in [9.17, 15) is 13.2 Å². The smallest absolute Gasteiger partial charge is 0.391 e. The van der Waals surface area contributed by atoms with Crippen LogP contribution in [-0.2, 0) is 0 Å². The first kappa shape index (κ1) is 15.4. The van der Waals surface area contributed by atoms with Crippen molar-refractivity contribution in [1.29, 1.82) is 5.26 Å². The third-order valence-electron chi connectivity index (χ3n) is 3.83. The summed E-state index contributed by atoms with van der Waals surface area (Å²) < 4.78 is 37.8. The Morgan fingerprint density at radius 2 is 1.95 bits per heavy atom. The molecule has 2 rings (SSSR count). The van der Waals surface area contributed by atoms with Gasteiger partial charge in [-0.2, -0.15) is 18.4 Å². The largest absolute Gasteiger partial charge is 0.397 e. The quantitative estimate of drug-likeness (QED) is 0.899. The van der Waals surface area contributed by atoms with E-state index in [4.69, 9.17) is 11.0 Å². The zero-order valence-electron chi connectivity index (χ0n) is 11.4. The van der Waals surface area contributed by atoms with Crippen molar-refractivity contribution in [3.05, 3.63) is 29.6 Å². The molecule has 0 saturated heterocycles. The first-order chi connectivity index (χ1) is 9.90. The van der Waals surface area contributed by atoms with Crippen LogP contribution in [0.25, 0.3) is 6.08 Å². The highest BCUT2D eigenvalue weighted by atomic mass is 19.4. The van der Waals surface area contributed by atoms with Crippen LogP contribution in [0.4, 0.5) is 18.9 Å². The summed E-state index contributed by atoms with van der Waals surface area (Å²) in [7, 11) is 0. The van der Waals surface area contributed by atoms with Gasteiger partial charge in [-0.1, -0.05) is 12.2 Å². The van der Waals surface area contributed by atoms with E-state index in [1.807, 2.05) is 12.1 Å². The topological polar surface area (TPSA) is 62.7 Å². The van der Waals surface area contributed by atoms with Gasteiger partial charge in [0.25, 0.3) is 0 Å². The molecule has 0 spiro atoms. The lowest BCUT2D eigenvalue weighted by atomic mass is 9.81. The summed E-state index contributed by atoms with van der Waals surface area (Å²) in [6.07, 6.45) is 2.28. The number of hydrogen-bond acceptors (Lipinski definition) is 3. The Hall–Kier alpha value is -2.03. The highest BCUT2D eigenvalue weighted by molar-refractivity contribution is 5.60. The first-order valence-corrected chi connectivity index (χ1v) is 6.80. The Bertz CT molecular complexity index is 565. The van der Waals surface area contributed by atoms with Crippen molar-refractivity contribution in [2.24, 2.45) is 11.8 Å². The van der Waals surface area contributed by atoms with Crippen molar-refractivity contribution in [1.82, 2.24) is 4.98 Å². The van der Waals surface area contributed by atoms with Crippen LogP contribution in [0.15, 0.2) is 18.3 Å². The monoisotopic (exact) mass is 295 g/mol. The zero-order valence-corrected chi connectivity index (χ0v) is 11.4. The van der Waals surface area contributed by atoms with Gasteiger partial charge in [-0.15, -0.1) is 0 Å². The fraction of sp³-hybridized carbons (Fsp3) is 0.467. The molecule has 1 aliphatic rings. The van der Waals surface area contributed by atoms with Gasteiger partial charge < -0.3 is 5.73 Å². The Labute approximate surface area is 121 Å². The lowest BCUT2D eigenvalue weighted by Gasteiger charge is -2.28. The number of allylic oxidation sites excluding steroid dienone is 1. The van der Waals surface area contributed by atoms with E-state index in [0.717, 1.165) is 0 Å². The number of halogens is 3. The third-order valence-corrected chi connectivity index (χ3v) is 3.83. The molecule has 0 aromatic carbocycles. The van der Waals surface area contributed by atoms with E-state index in [1.165, 1.54) is 6.20 Å². The second-order valence-electron chi connectivity index (χ2n) is 5.33. The third kappa shape index (κ3) is 3.97. The van der Waals surface area contributed by atoms with Gasteiger partial charge in [0.15, 0.2) is 0 Å². The number of nitrogen functional groups attached to an aromatic ring is 1.